The van der Waals surface area contributed by atoms with Gasteiger partial charge in [0.15, 0.2) is 25.0 Å². The summed E-state index contributed by atoms with van der Waals surface area (Å²) in [5.41, 5.74) is 0.945. The monoisotopic (exact) mass is 922 g/mol. The zero-order chi connectivity index (χ0) is 45.9. The van der Waals surface area contributed by atoms with Crippen LogP contribution in [0.2, 0.25) is 54.4 Å². The van der Waals surface area contributed by atoms with Crippen molar-refractivity contribution >= 4 is 45.1 Å². The lowest BCUT2D eigenvalue weighted by Crippen LogP contribution is -2.59. The third kappa shape index (κ3) is 20.3. The molecule has 0 spiro atoms. The van der Waals surface area contributed by atoms with E-state index in [2.05, 4.69) is 120 Å². The van der Waals surface area contributed by atoms with Gasteiger partial charge in [0.2, 0.25) is 10.0 Å². The molecule has 1 aromatic carbocycles. The Morgan fingerprint density at radius 3 is 1.47 bits per heavy atom. The lowest BCUT2D eigenvalue weighted by molar-refractivity contribution is 0.0105. The second-order valence-electron chi connectivity index (χ2n) is 22.3. The lowest BCUT2D eigenvalue weighted by atomic mass is 9.99. The van der Waals surface area contributed by atoms with Crippen molar-refractivity contribution in [3.63, 3.8) is 0 Å². The van der Waals surface area contributed by atoms with Crippen LogP contribution in [-0.4, -0.2) is 79.0 Å². The Kier molecular flexibility index (Phi) is 22.0. The maximum absolute atomic E-state index is 14.1. The Labute approximate surface area is 368 Å². The highest BCUT2D eigenvalue weighted by molar-refractivity contribution is 7.89. The molecule has 1 aromatic rings. The van der Waals surface area contributed by atoms with Crippen LogP contribution in [0.5, 0.6) is 0 Å². The number of aryl methyl sites for hydroxylation is 1. The number of rotatable bonds is 27. The minimum absolute atomic E-state index is 0.0190. The lowest BCUT2D eigenvalue weighted by Gasteiger charge is -2.44. The molecule has 59 heavy (non-hydrogen) atoms. The molecule has 0 aromatic heterocycles. The molecule has 0 heterocycles. The molecule has 0 saturated heterocycles. The van der Waals surface area contributed by atoms with Crippen LogP contribution in [0.25, 0.3) is 0 Å². The quantitative estimate of drug-likeness (QED) is 0.0527. The zero-order valence-corrected chi connectivity index (χ0v) is 45.9. The highest BCUT2D eigenvalue weighted by atomic mass is 32.2. The molecule has 4 atom stereocenters. The van der Waals surface area contributed by atoms with Gasteiger partial charge in [0.1, 0.15) is 6.10 Å². The van der Waals surface area contributed by atoms with Crippen LogP contribution in [0.4, 0.5) is 0 Å². The predicted octanol–water partition coefficient (Wildman–Crippen LogP) is 12.7. The number of benzene rings is 1. The molecule has 348 valence electrons. The van der Waals surface area contributed by atoms with Crippen molar-refractivity contribution in [2.45, 2.75) is 237 Å². The first-order valence-electron chi connectivity index (χ1n) is 22.5. The molecular formula is C45H91NO8S2Si3. The van der Waals surface area contributed by atoms with Gasteiger partial charge in [-0.15, -0.1) is 0 Å². The molecular weight excluding hydrogens is 831 g/mol. The van der Waals surface area contributed by atoms with Crippen molar-refractivity contribution in [1.82, 2.24) is 4.72 Å². The Hall–Kier alpha value is -0.429. The summed E-state index contributed by atoms with van der Waals surface area (Å²) in [7, 11) is -14.8. The molecule has 0 aliphatic carbocycles. The molecule has 0 amide bonds. The highest BCUT2D eigenvalue weighted by Crippen LogP contribution is 2.41. The van der Waals surface area contributed by atoms with E-state index < -0.39 is 63.3 Å². The number of hydrogen-bond acceptors (Lipinski definition) is 8. The summed E-state index contributed by atoms with van der Waals surface area (Å²) in [6.07, 6.45) is 10.7. The maximum atomic E-state index is 14.1. The average Bonchev–Trinajstić information content (AvgIpc) is 3.03. The third-order valence-corrected chi connectivity index (χ3v) is 28.7. The summed E-state index contributed by atoms with van der Waals surface area (Å²) < 4.78 is 83.6. The van der Waals surface area contributed by atoms with Crippen molar-refractivity contribution in [2.24, 2.45) is 5.92 Å². The Morgan fingerprint density at radius 2 is 1.05 bits per heavy atom. The van der Waals surface area contributed by atoms with Crippen molar-refractivity contribution in [3.8, 4) is 0 Å². The summed E-state index contributed by atoms with van der Waals surface area (Å²) in [6.45, 7) is 39.4. The van der Waals surface area contributed by atoms with Crippen LogP contribution in [0, 0.1) is 12.8 Å². The SMILES string of the molecule is Cc1ccc(S(=O)(=O)N[C@@H](CO[Si](C)(C)C(C)(C)C)[C@H](O[Si](C)(C)C(C)(C)C)[C@@H](CCCCCCCCCC[C@H](CC(C)C)O[Si](C)(C)C(C)(C)C)OS(C)(=O)=O)cc1. The van der Waals surface area contributed by atoms with Gasteiger partial charge in [-0.2, -0.15) is 8.42 Å². The van der Waals surface area contributed by atoms with E-state index in [1.165, 1.54) is 19.3 Å². The van der Waals surface area contributed by atoms with Gasteiger partial charge < -0.3 is 13.3 Å². The Morgan fingerprint density at radius 1 is 0.627 bits per heavy atom. The molecule has 0 aliphatic rings. The van der Waals surface area contributed by atoms with Gasteiger partial charge in [-0.1, -0.05) is 145 Å². The van der Waals surface area contributed by atoms with Crippen molar-refractivity contribution < 1.29 is 34.3 Å². The van der Waals surface area contributed by atoms with E-state index in [-0.39, 0.29) is 26.6 Å². The molecule has 0 aliphatic heterocycles. The molecule has 0 unspecified atom stereocenters. The summed E-state index contributed by atoms with van der Waals surface area (Å²) in [5, 5.41) is -0.173. The van der Waals surface area contributed by atoms with E-state index in [0.29, 0.717) is 18.4 Å². The fraction of sp³-hybridized carbons (Fsp3) is 0.867. The van der Waals surface area contributed by atoms with E-state index in [0.717, 1.165) is 56.8 Å². The van der Waals surface area contributed by atoms with Crippen LogP contribution in [0.15, 0.2) is 29.2 Å². The van der Waals surface area contributed by atoms with Gasteiger partial charge in [-0.05, 0) is 98.6 Å². The largest absolute Gasteiger partial charge is 0.415 e. The minimum Gasteiger partial charge on any atom is -0.415 e. The first-order valence-corrected chi connectivity index (χ1v) is 34.5. The minimum atomic E-state index is -4.05. The standard InChI is InChI=1S/C45H91NO8S2Si3/c1-36(2)34-38(53-58(16,17)44(7,8)9)28-26-24-22-20-21-23-25-27-29-41(52-55(13,47)48)42(54-59(18,19)45(10,11)12)40(35-51-57(14,15)43(4,5)6)46-56(49,50)39-32-30-37(3)31-33-39/h30-33,36,38,40-42,46H,20-29,34-35H2,1-19H3/t38-,40+,41-,42+/m1/s1. The number of unbranched alkanes of at least 4 members (excludes halogenated alkanes) is 7. The summed E-state index contributed by atoms with van der Waals surface area (Å²) in [5.74, 6) is 0.616. The van der Waals surface area contributed by atoms with Gasteiger partial charge in [0.25, 0.3) is 10.1 Å². The molecule has 0 radical (unpaired) electrons. The zero-order valence-electron chi connectivity index (χ0n) is 41.3. The smallest absolute Gasteiger partial charge is 0.264 e. The Bertz CT molecular complexity index is 1590. The number of hydrogen-bond donors (Lipinski definition) is 1. The van der Waals surface area contributed by atoms with Crippen molar-refractivity contribution in [1.29, 1.82) is 0 Å². The van der Waals surface area contributed by atoms with Crippen LogP contribution >= 0.6 is 0 Å². The Balaban J connectivity index is 3.24. The molecule has 1 N–H and O–H groups in total. The highest BCUT2D eigenvalue weighted by Gasteiger charge is 2.46. The van der Waals surface area contributed by atoms with Crippen LogP contribution in [0.1, 0.15) is 152 Å². The molecule has 0 fully saturated rings. The fourth-order valence-corrected chi connectivity index (χ4v) is 11.9. The third-order valence-electron chi connectivity index (χ3n) is 13.1. The van der Waals surface area contributed by atoms with Gasteiger partial charge in [-0.3, -0.25) is 4.18 Å². The number of sulfonamides is 1. The molecule has 0 saturated carbocycles. The summed E-state index contributed by atoms with van der Waals surface area (Å²) >= 11 is 0. The van der Waals surface area contributed by atoms with E-state index in [1.54, 1.807) is 24.3 Å². The van der Waals surface area contributed by atoms with Gasteiger partial charge >= 0.3 is 0 Å². The van der Waals surface area contributed by atoms with Crippen LogP contribution < -0.4 is 4.72 Å². The van der Waals surface area contributed by atoms with Crippen molar-refractivity contribution in [3.05, 3.63) is 29.8 Å². The van der Waals surface area contributed by atoms with Crippen molar-refractivity contribution in [2.75, 3.05) is 12.9 Å². The topological polar surface area (TPSA) is 117 Å². The van der Waals surface area contributed by atoms with Gasteiger partial charge in [0.05, 0.1) is 29.9 Å². The van der Waals surface area contributed by atoms with Gasteiger partial charge in [0, 0.05) is 6.10 Å². The normalized spacial score (nSPS) is 16.3. The first-order chi connectivity index (χ1) is 26.5. The first kappa shape index (κ1) is 56.6. The maximum Gasteiger partial charge on any atom is 0.264 e. The molecule has 1 rings (SSSR count). The second kappa shape index (κ2) is 23.0. The number of nitrogens with one attached hydrogen (secondary N) is 1. The predicted molar refractivity (Wildman–Crippen MR) is 258 cm³/mol. The fourth-order valence-electron chi connectivity index (χ4n) is 6.24. The summed E-state index contributed by atoms with van der Waals surface area (Å²) in [4.78, 5) is 0.127. The average molecular weight is 923 g/mol. The van der Waals surface area contributed by atoms with Gasteiger partial charge in [-0.25, -0.2) is 13.1 Å². The van der Waals surface area contributed by atoms with E-state index in [9.17, 15) is 16.8 Å². The summed E-state index contributed by atoms with van der Waals surface area (Å²) in [6, 6.07) is 5.80. The second-order valence-corrected chi connectivity index (χ2v) is 40.0. The van der Waals surface area contributed by atoms with E-state index in [1.807, 2.05) is 6.92 Å². The molecule has 0 bridgehead atoms. The van der Waals surface area contributed by atoms with Crippen LogP contribution in [0.3, 0.4) is 0 Å². The van der Waals surface area contributed by atoms with Crippen LogP contribution in [-0.2, 0) is 37.6 Å². The van der Waals surface area contributed by atoms with E-state index >= 15 is 0 Å². The molecule has 9 nitrogen and oxygen atoms in total. The molecule has 14 heteroatoms. The van der Waals surface area contributed by atoms with E-state index in [4.69, 9.17) is 17.5 Å².